The zero-order chi connectivity index (χ0) is 13.1. The first-order chi connectivity index (χ1) is 9.36. The van der Waals surface area contributed by atoms with Crippen LogP contribution in [0.5, 0.6) is 5.75 Å². The molecule has 0 atom stereocenters. The van der Waals surface area contributed by atoms with Gasteiger partial charge in [0.15, 0.2) is 0 Å². The highest BCUT2D eigenvalue weighted by Gasteiger charge is 2.16. The number of nitrogens with one attached hydrogen (secondary N) is 1. The summed E-state index contributed by atoms with van der Waals surface area (Å²) in [6.07, 6.45) is 1.77. The molecule has 19 heavy (non-hydrogen) atoms. The van der Waals surface area contributed by atoms with Crippen LogP contribution in [-0.2, 0) is 6.54 Å². The molecule has 5 heteroatoms. The van der Waals surface area contributed by atoms with E-state index in [1.54, 1.807) is 6.20 Å². The summed E-state index contributed by atoms with van der Waals surface area (Å²) in [6.45, 7) is 2.28. The summed E-state index contributed by atoms with van der Waals surface area (Å²) >= 11 is 0. The molecule has 0 unspecified atom stereocenters. The summed E-state index contributed by atoms with van der Waals surface area (Å²) in [7, 11) is 1.82. The maximum atomic E-state index is 5.76. The molecule has 2 aromatic rings. The highest BCUT2D eigenvalue weighted by molar-refractivity contribution is 5.46. The summed E-state index contributed by atoms with van der Waals surface area (Å²) in [6, 6.07) is 10.1. The lowest BCUT2D eigenvalue weighted by Gasteiger charge is -2.20. The average Bonchev–Trinajstić information content (AvgIpc) is 2.69. The molecule has 0 fully saturated rings. The van der Waals surface area contributed by atoms with Crippen LogP contribution in [0.4, 0.5) is 11.8 Å². The van der Waals surface area contributed by atoms with Gasteiger partial charge < -0.3 is 15.0 Å². The number of anilines is 2. The molecule has 3 rings (SSSR count). The first kappa shape index (κ1) is 11.8. The van der Waals surface area contributed by atoms with Gasteiger partial charge in [-0.2, -0.15) is 4.98 Å². The van der Waals surface area contributed by atoms with E-state index in [1.807, 2.05) is 31.3 Å². The predicted octanol–water partition coefficient (Wildman–Crippen LogP) is 1.92. The molecule has 0 spiro atoms. The van der Waals surface area contributed by atoms with E-state index in [4.69, 9.17) is 4.74 Å². The lowest BCUT2D eigenvalue weighted by atomic mass is 10.2. The van der Waals surface area contributed by atoms with Crippen molar-refractivity contribution in [3.05, 3.63) is 42.1 Å². The minimum absolute atomic E-state index is 0.635. The molecule has 1 aromatic heterocycles. The van der Waals surface area contributed by atoms with Crippen LogP contribution in [0.15, 0.2) is 36.5 Å². The lowest BCUT2D eigenvalue weighted by Crippen LogP contribution is -2.26. The molecule has 0 saturated heterocycles. The first-order valence-electron chi connectivity index (χ1n) is 6.33. The summed E-state index contributed by atoms with van der Waals surface area (Å²) in [5.74, 6) is 2.52. The fourth-order valence-electron chi connectivity index (χ4n) is 2.17. The molecule has 0 saturated carbocycles. The van der Waals surface area contributed by atoms with Crippen molar-refractivity contribution in [2.24, 2.45) is 0 Å². The number of ether oxygens (including phenoxy) is 1. The first-order valence-corrected chi connectivity index (χ1v) is 6.33. The second kappa shape index (κ2) is 5.14. The molecule has 0 bridgehead atoms. The fraction of sp³-hybridized carbons (Fsp3) is 0.286. The van der Waals surface area contributed by atoms with Crippen molar-refractivity contribution in [2.45, 2.75) is 6.54 Å². The van der Waals surface area contributed by atoms with Gasteiger partial charge in [0.05, 0.1) is 6.54 Å². The number of fused-ring (bicyclic) bond motifs is 1. The quantitative estimate of drug-likeness (QED) is 0.889. The van der Waals surface area contributed by atoms with E-state index < -0.39 is 0 Å². The van der Waals surface area contributed by atoms with E-state index >= 15 is 0 Å². The van der Waals surface area contributed by atoms with Gasteiger partial charge in [-0.05, 0) is 12.1 Å². The smallest absolute Gasteiger partial charge is 0.224 e. The number of para-hydroxylation sites is 1. The SMILES string of the molecule is CNc1nccc(N2CCOc3ccccc3C2)n1. The molecule has 2 heterocycles. The Hall–Kier alpha value is -2.30. The third-order valence-electron chi connectivity index (χ3n) is 3.14. The topological polar surface area (TPSA) is 50.3 Å². The van der Waals surface area contributed by atoms with Crippen LogP contribution in [-0.4, -0.2) is 30.2 Å². The summed E-state index contributed by atoms with van der Waals surface area (Å²) in [5.41, 5.74) is 1.18. The van der Waals surface area contributed by atoms with Gasteiger partial charge in [-0.25, -0.2) is 4.98 Å². The molecule has 1 N–H and O–H groups in total. The number of rotatable bonds is 2. The number of hydrogen-bond donors (Lipinski definition) is 1. The van der Waals surface area contributed by atoms with Crippen LogP contribution in [0.3, 0.4) is 0 Å². The van der Waals surface area contributed by atoms with Crippen molar-refractivity contribution in [2.75, 3.05) is 30.4 Å². The van der Waals surface area contributed by atoms with Crippen molar-refractivity contribution in [3.8, 4) is 5.75 Å². The summed E-state index contributed by atoms with van der Waals surface area (Å²) in [4.78, 5) is 10.8. The minimum atomic E-state index is 0.635. The van der Waals surface area contributed by atoms with E-state index in [9.17, 15) is 0 Å². The van der Waals surface area contributed by atoms with Crippen molar-refractivity contribution in [1.82, 2.24) is 9.97 Å². The molecule has 0 amide bonds. The van der Waals surface area contributed by atoms with Crippen molar-refractivity contribution >= 4 is 11.8 Å². The third kappa shape index (κ3) is 2.45. The molecule has 0 radical (unpaired) electrons. The zero-order valence-electron chi connectivity index (χ0n) is 10.8. The van der Waals surface area contributed by atoms with E-state index in [0.29, 0.717) is 12.6 Å². The van der Waals surface area contributed by atoms with E-state index in [-0.39, 0.29) is 0 Å². The largest absolute Gasteiger partial charge is 0.491 e. The second-order valence-electron chi connectivity index (χ2n) is 4.37. The Morgan fingerprint density at radius 1 is 1.26 bits per heavy atom. The standard InChI is InChI=1S/C14H16N4O/c1-15-14-16-7-6-13(17-14)18-8-9-19-12-5-3-2-4-11(12)10-18/h2-7H,8-10H2,1H3,(H,15,16,17). The molecule has 98 valence electrons. The van der Waals surface area contributed by atoms with Gasteiger partial charge >= 0.3 is 0 Å². The maximum Gasteiger partial charge on any atom is 0.224 e. The predicted molar refractivity (Wildman–Crippen MR) is 74.6 cm³/mol. The summed E-state index contributed by atoms with van der Waals surface area (Å²) in [5, 5.41) is 2.96. The number of aromatic nitrogens is 2. The molecule has 1 aliphatic heterocycles. The molecule has 0 aliphatic carbocycles. The van der Waals surface area contributed by atoms with Crippen LogP contribution in [0, 0.1) is 0 Å². The Morgan fingerprint density at radius 3 is 3.05 bits per heavy atom. The van der Waals surface area contributed by atoms with Gasteiger partial charge in [-0.3, -0.25) is 0 Å². The fourth-order valence-corrected chi connectivity index (χ4v) is 2.17. The second-order valence-corrected chi connectivity index (χ2v) is 4.37. The van der Waals surface area contributed by atoms with E-state index in [2.05, 4.69) is 26.3 Å². The third-order valence-corrected chi connectivity index (χ3v) is 3.14. The Labute approximate surface area is 112 Å². The van der Waals surface area contributed by atoms with Gasteiger partial charge in [-0.15, -0.1) is 0 Å². The lowest BCUT2D eigenvalue weighted by molar-refractivity contribution is 0.331. The minimum Gasteiger partial charge on any atom is -0.491 e. The Bertz CT molecular complexity index is 573. The summed E-state index contributed by atoms with van der Waals surface area (Å²) < 4.78 is 5.76. The van der Waals surface area contributed by atoms with Crippen LogP contribution < -0.4 is 15.0 Å². The van der Waals surface area contributed by atoms with Gasteiger partial charge in [0.2, 0.25) is 5.95 Å². The Balaban J connectivity index is 1.89. The highest BCUT2D eigenvalue weighted by atomic mass is 16.5. The molecular formula is C14H16N4O. The molecular weight excluding hydrogens is 240 g/mol. The maximum absolute atomic E-state index is 5.76. The van der Waals surface area contributed by atoms with Crippen molar-refractivity contribution in [3.63, 3.8) is 0 Å². The van der Waals surface area contributed by atoms with Crippen molar-refractivity contribution in [1.29, 1.82) is 0 Å². The van der Waals surface area contributed by atoms with Crippen LogP contribution in [0.25, 0.3) is 0 Å². The highest BCUT2D eigenvalue weighted by Crippen LogP contribution is 2.25. The average molecular weight is 256 g/mol. The van der Waals surface area contributed by atoms with E-state index in [1.165, 1.54) is 5.56 Å². The molecule has 5 nitrogen and oxygen atoms in total. The Morgan fingerprint density at radius 2 is 2.16 bits per heavy atom. The number of nitrogens with zero attached hydrogens (tertiary/aromatic N) is 3. The van der Waals surface area contributed by atoms with Gasteiger partial charge in [0.1, 0.15) is 18.2 Å². The van der Waals surface area contributed by atoms with Crippen LogP contribution in [0.2, 0.25) is 0 Å². The van der Waals surface area contributed by atoms with Gasteiger partial charge in [0, 0.05) is 25.4 Å². The molecule has 1 aromatic carbocycles. The number of hydrogen-bond acceptors (Lipinski definition) is 5. The van der Waals surface area contributed by atoms with Gasteiger partial charge in [0.25, 0.3) is 0 Å². The van der Waals surface area contributed by atoms with Crippen LogP contribution in [0.1, 0.15) is 5.56 Å². The van der Waals surface area contributed by atoms with Crippen LogP contribution >= 0.6 is 0 Å². The molecule has 1 aliphatic rings. The number of benzene rings is 1. The monoisotopic (exact) mass is 256 g/mol. The normalized spacial score (nSPS) is 14.3. The van der Waals surface area contributed by atoms with Gasteiger partial charge in [-0.1, -0.05) is 18.2 Å². The van der Waals surface area contributed by atoms with E-state index in [0.717, 1.165) is 24.7 Å². The Kier molecular flexibility index (Phi) is 3.18. The zero-order valence-corrected chi connectivity index (χ0v) is 10.8. The van der Waals surface area contributed by atoms with Crippen molar-refractivity contribution < 1.29 is 4.74 Å².